The van der Waals surface area contributed by atoms with E-state index in [1.165, 1.54) is 12.2 Å². The molecular weight excluding hydrogens is 146 g/mol. The number of hydrogen-bond donors (Lipinski definition) is 0. The van der Waals surface area contributed by atoms with Crippen LogP contribution in [0.2, 0.25) is 0 Å². The van der Waals surface area contributed by atoms with Crippen molar-refractivity contribution < 1.29 is 4.79 Å². The molecule has 1 amide bonds. The minimum absolute atomic E-state index is 0.427. The number of carbonyl (C=O) groups is 1. The number of amides is 1. The van der Waals surface area contributed by atoms with Crippen molar-refractivity contribution in [3.8, 4) is 0 Å². The summed E-state index contributed by atoms with van der Waals surface area (Å²) in [5.74, 6) is 0.746. The Kier molecular flexibility index (Phi) is 6.81. The van der Waals surface area contributed by atoms with Crippen LogP contribution in [0.1, 0.15) is 25.7 Å². The van der Waals surface area contributed by atoms with E-state index in [-0.39, 0.29) is 0 Å². The van der Waals surface area contributed by atoms with Crippen molar-refractivity contribution in [3.05, 3.63) is 0 Å². The van der Waals surface area contributed by atoms with Gasteiger partial charge in [0.1, 0.15) is 0 Å². The van der Waals surface area contributed by atoms with Crippen LogP contribution in [0.4, 0.5) is 0 Å². The van der Waals surface area contributed by atoms with Gasteiger partial charge in [0.15, 0.2) is 0 Å². The van der Waals surface area contributed by atoms with Crippen LogP contribution in [0.3, 0.4) is 0 Å². The molecule has 0 rings (SSSR count). The van der Waals surface area contributed by atoms with Crippen molar-refractivity contribution in [2.75, 3.05) is 12.0 Å². The molecule has 0 heterocycles. The normalized spacial score (nSPS) is 9.70. The summed E-state index contributed by atoms with van der Waals surface area (Å²) in [6.45, 7) is 0. The highest BCUT2D eigenvalue weighted by Gasteiger charge is 1.93. The molecule has 0 aliphatic carbocycles. The van der Waals surface area contributed by atoms with Gasteiger partial charge in [0.05, 0.1) is 0 Å². The molecule has 0 aliphatic rings. The minimum atomic E-state index is -0.427. The van der Waals surface area contributed by atoms with Gasteiger partial charge in [-0.1, -0.05) is 6.42 Å². The van der Waals surface area contributed by atoms with E-state index in [0.717, 1.165) is 12.8 Å². The average Bonchev–Trinajstić information content (AvgIpc) is 1.87. The van der Waals surface area contributed by atoms with Gasteiger partial charge in [0, 0.05) is 6.42 Å². The molecule has 0 atom stereocenters. The molecule has 2 nitrogen and oxygen atoms in total. The molecule has 0 aliphatic heterocycles. The first-order chi connectivity index (χ1) is 4.77. The third-order valence-corrected chi connectivity index (χ3v) is 1.95. The molecule has 1 radical (unpaired) electrons. The Morgan fingerprint density at radius 1 is 1.40 bits per heavy atom. The van der Waals surface area contributed by atoms with Gasteiger partial charge in [-0.25, -0.2) is 0 Å². The first-order valence-electron chi connectivity index (χ1n) is 3.50. The van der Waals surface area contributed by atoms with Gasteiger partial charge in [-0.15, -0.1) is 0 Å². The number of thioether (sulfide) groups is 1. The Hall–Kier alpha value is -0.180. The molecule has 0 unspecified atom stereocenters. The summed E-state index contributed by atoms with van der Waals surface area (Å²) < 4.78 is 0. The van der Waals surface area contributed by atoms with Crippen LogP contribution in [0, 0.1) is 0 Å². The summed E-state index contributed by atoms with van der Waals surface area (Å²) >= 11 is 1.83. The fourth-order valence-corrected chi connectivity index (χ4v) is 1.20. The Morgan fingerprint density at radius 2 is 2.10 bits per heavy atom. The molecule has 0 aromatic carbocycles. The van der Waals surface area contributed by atoms with Crippen LogP contribution in [-0.4, -0.2) is 17.9 Å². The lowest BCUT2D eigenvalue weighted by atomic mass is 10.2. The summed E-state index contributed by atoms with van der Waals surface area (Å²) in [7, 11) is 0. The number of hydrogen-bond acceptors (Lipinski definition) is 2. The molecule has 10 heavy (non-hydrogen) atoms. The van der Waals surface area contributed by atoms with E-state index in [9.17, 15) is 4.79 Å². The second-order valence-electron chi connectivity index (χ2n) is 2.23. The molecular formula is C7H14NOS. The smallest absolute Gasteiger partial charge is 0.238 e. The van der Waals surface area contributed by atoms with Gasteiger partial charge in [-0.2, -0.15) is 11.8 Å². The van der Waals surface area contributed by atoms with Gasteiger partial charge in [-0.05, 0) is 24.9 Å². The van der Waals surface area contributed by atoms with Gasteiger partial charge < -0.3 is 0 Å². The number of rotatable bonds is 6. The summed E-state index contributed by atoms with van der Waals surface area (Å²) in [5, 5.41) is 0. The predicted octanol–water partition coefficient (Wildman–Crippen LogP) is 1.72. The maximum Gasteiger partial charge on any atom is 0.238 e. The molecule has 3 heteroatoms. The van der Waals surface area contributed by atoms with E-state index in [0.29, 0.717) is 6.42 Å². The molecule has 0 saturated carbocycles. The second kappa shape index (κ2) is 6.93. The average molecular weight is 160 g/mol. The van der Waals surface area contributed by atoms with E-state index < -0.39 is 5.91 Å². The van der Waals surface area contributed by atoms with Crippen LogP contribution in [0.15, 0.2) is 0 Å². The standard InChI is InChI=1S/C7H14NOS/c1-10-6-4-2-3-5-7(8)9/h8H,2-6H2,1H3. The summed E-state index contributed by atoms with van der Waals surface area (Å²) in [6.07, 6.45) is 5.67. The molecule has 0 aromatic heterocycles. The van der Waals surface area contributed by atoms with Crippen LogP contribution in [0.25, 0.3) is 0 Å². The zero-order chi connectivity index (χ0) is 7.82. The van der Waals surface area contributed by atoms with Gasteiger partial charge in [-0.3, -0.25) is 10.5 Å². The molecule has 0 bridgehead atoms. The monoisotopic (exact) mass is 160 g/mol. The maximum absolute atomic E-state index is 10.1. The van der Waals surface area contributed by atoms with Crippen LogP contribution in [-0.2, 0) is 4.79 Å². The Bertz CT molecular complexity index is 95.6. The van der Waals surface area contributed by atoms with E-state index in [4.69, 9.17) is 5.73 Å². The summed E-state index contributed by atoms with van der Waals surface area (Å²) in [6, 6.07) is 0. The van der Waals surface area contributed by atoms with E-state index >= 15 is 0 Å². The fraction of sp³-hybridized carbons (Fsp3) is 0.857. The predicted molar refractivity (Wildman–Crippen MR) is 45.0 cm³/mol. The molecule has 0 fully saturated rings. The van der Waals surface area contributed by atoms with Crippen LogP contribution >= 0.6 is 11.8 Å². The van der Waals surface area contributed by atoms with Crippen molar-refractivity contribution in [1.29, 1.82) is 0 Å². The quantitative estimate of drug-likeness (QED) is 0.555. The highest BCUT2D eigenvalue weighted by molar-refractivity contribution is 7.98. The first-order valence-corrected chi connectivity index (χ1v) is 4.90. The van der Waals surface area contributed by atoms with Crippen molar-refractivity contribution >= 4 is 17.7 Å². The summed E-state index contributed by atoms with van der Waals surface area (Å²) in [4.78, 5) is 10.1. The molecule has 59 valence electrons. The lowest BCUT2D eigenvalue weighted by Gasteiger charge is -1.95. The highest BCUT2D eigenvalue weighted by atomic mass is 32.2. The second-order valence-corrected chi connectivity index (χ2v) is 3.21. The van der Waals surface area contributed by atoms with Gasteiger partial charge in [0.25, 0.3) is 0 Å². The van der Waals surface area contributed by atoms with Crippen molar-refractivity contribution in [2.24, 2.45) is 0 Å². The molecule has 0 saturated heterocycles. The first kappa shape index (κ1) is 9.82. The maximum atomic E-state index is 10.1. The molecule has 0 spiro atoms. The number of unbranched alkanes of at least 4 members (excludes halogenated alkanes) is 2. The fourth-order valence-electron chi connectivity index (χ4n) is 0.709. The van der Waals surface area contributed by atoms with Crippen LogP contribution in [0.5, 0.6) is 0 Å². The third kappa shape index (κ3) is 7.82. The zero-order valence-electron chi connectivity index (χ0n) is 6.35. The largest absolute Gasteiger partial charge is 0.273 e. The SMILES string of the molecule is CSCCCCCC([NH])=O. The number of carbonyl (C=O) groups excluding carboxylic acids is 1. The molecule has 0 aromatic rings. The number of nitrogens with one attached hydrogen (secondary N) is 1. The van der Waals surface area contributed by atoms with Crippen molar-refractivity contribution in [1.82, 2.24) is 5.73 Å². The Morgan fingerprint density at radius 3 is 2.60 bits per heavy atom. The van der Waals surface area contributed by atoms with Crippen molar-refractivity contribution in [3.63, 3.8) is 0 Å². The lowest BCUT2D eigenvalue weighted by Crippen LogP contribution is -1.96. The van der Waals surface area contributed by atoms with Gasteiger partial charge >= 0.3 is 0 Å². The molecule has 1 N–H and O–H groups in total. The Balaban J connectivity index is 2.84. The zero-order valence-corrected chi connectivity index (χ0v) is 7.17. The van der Waals surface area contributed by atoms with E-state index in [2.05, 4.69) is 6.26 Å². The van der Waals surface area contributed by atoms with Crippen molar-refractivity contribution in [2.45, 2.75) is 25.7 Å². The topological polar surface area (TPSA) is 40.9 Å². The highest BCUT2D eigenvalue weighted by Crippen LogP contribution is 2.03. The van der Waals surface area contributed by atoms with Gasteiger partial charge in [0.2, 0.25) is 5.91 Å². The minimum Gasteiger partial charge on any atom is -0.273 e. The third-order valence-electron chi connectivity index (χ3n) is 1.25. The van der Waals surface area contributed by atoms with E-state index in [1.807, 2.05) is 11.8 Å². The lowest BCUT2D eigenvalue weighted by molar-refractivity contribution is -0.118. The van der Waals surface area contributed by atoms with Crippen LogP contribution < -0.4 is 5.73 Å². The van der Waals surface area contributed by atoms with E-state index in [1.54, 1.807) is 0 Å². The summed E-state index contributed by atoms with van der Waals surface area (Å²) in [5.41, 5.74) is 6.61. The Labute approximate surface area is 66.6 Å².